The first-order valence-corrected chi connectivity index (χ1v) is 8.13. The summed E-state index contributed by atoms with van der Waals surface area (Å²) in [6.07, 6.45) is 2.19. The maximum absolute atomic E-state index is 6.28. The summed E-state index contributed by atoms with van der Waals surface area (Å²) in [6, 6.07) is 6.64. The van der Waals surface area contributed by atoms with Crippen LogP contribution in [0.3, 0.4) is 0 Å². The Kier molecular flexibility index (Phi) is 7.90. The third-order valence-corrected chi connectivity index (χ3v) is 4.51. The molecule has 0 spiro atoms. The normalized spacial score (nSPS) is 14.6. The fraction of sp³-hybridized carbons (Fsp3) is 0.625. The zero-order chi connectivity index (χ0) is 15.1. The van der Waals surface area contributed by atoms with Crippen molar-refractivity contribution in [1.82, 2.24) is 10.2 Å². The lowest BCUT2D eigenvalue weighted by Gasteiger charge is -2.25. The number of hydrogen-bond acceptors (Lipinski definition) is 2. The van der Waals surface area contributed by atoms with Gasteiger partial charge in [0.05, 0.1) is 0 Å². The summed E-state index contributed by atoms with van der Waals surface area (Å²) in [4.78, 5) is 2.38. The number of likely N-dealkylation sites (N-methyl/N-ethyl adjacent to an activating group) is 1. The summed E-state index contributed by atoms with van der Waals surface area (Å²) >= 11 is 12.2. The second-order valence-electron chi connectivity index (χ2n) is 5.32. The number of rotatable bonds is 8. The highest BCUT2D eigenvalue weighted by atomic mass is 35.5. The average molecular weight is 317 g/mol. The highest BCUT2D eigenvalue weighted by molar-refractivity contribution is 6.35. The molecule has 0 aliphatic heterocycles. The smallest absolute Gasteiger partial charge is 0.0468 e. The summed E-state index contributed by atoms with van der Waals surface area (Å²) < 4.78 is 0. The molecular formula is C16H26Cl2N2. The largest absolute Gasteiger partial charge is 0.309 e. The quantitative estimate of drug-likeness (QED) is 0.743. The number of benzene rings is 1. The molecule has 2 unspecified atom stereocenters. The van der Waals surface area contributed by atoms with E-state index in [0.717, 1.165) is 30.1 Å². The molecule has 20 heavy (non-hydrogen) atoms. The standard InChI is InChI=1S/C16H26Cl2N2/c1-5-12(3)20(4)10-9-19-16(6-2)14-8-7-13(17)11-15(14)18/h7-8,11-12,16,19H,5-6,9-10H2,1-4H3. The van der Waals surface area contributed by atoms with Crippen molar-refractivity contribution in [3.8, 4) is 0 Å². The monoisotopic (exact) mass is 316 g/mol. The van der Waals surface area contributed by atoms with Gasteiger partial charge in [0.15, 0.2) is 0 Å². The summed E-state index contributed by atoms with van der Waals surface area (Å²) in [6.45, 7) is 8.64. The van der Waals surface area contributed by atoms with Crippen LogP contribution in [0.4, 0.5) is 0 Å². The van der Waals surface area contributed by atoms with E-state index < -0.39 is 0 Å². The van der Waals surface area contributed by atoms with Crippen molar-refractivity contribution < 1.29 is 0 Å². The van der Waals surface area contributed by atoms with Crippen LogP contribution < -0.4 is 5.32 Å². The van der Waals surface area contributed by atoms with Crippen LogP contribution in [-0.2, 0) is 0 Å². The van der Waals surface area contributed by atoms with Crippen LogP contribution in [0.15, 0.2) is 18.2 Å². The van der Waals surface area contributed by atoms with Crippen molar-refractivity contribution in [2.24, 2.45) is 0 Å². The zero-order valence-electron chi connectivity index (χ0n) is 12.9. The average Bonchev–Trinajstić information content (AvgIpc) is 2.43. The van der Waals surface area contributed by atoms with Gasteiger partial charge in [0, 0.05) is 35.2 Å². The van der Waals surface area contributed by atoms with Gasteiger partial charge in [-0.3, -0.25) is 0 Å². The van der Waals surface area contributed by atoms with E-state index in [1.54, 1.807) is 0 Å². The minimum atomic E-state index is 0.282. The highest BCUT2D eigenvalue weighted by Gasteiger charge is 2.13. The van der Waals surface area contributed by atoms with Gasteiger partial charge >= 0.3 is 0 Å². The molecule has 0 heterocycles. The lowest BCUT2D eigenvalue weighted by atomic mass is 10.0. The van der Waals surface area contributed by atoms with Crippen molar-refractivity contribution in [2.45, 2.75) is 45.7 Å². The van der Waals surface area contributed by atoms with Gasteiger partial charge in [0.1, 0.15) is 0 Å². The molecule has 0 amide bonds. The molecule has 0 aliphatic carbocycles. The topological polar surface area (TPSA) is 15.3 Å². The molecule has 0 radical (unpaired) electrons. The molecule has 1 aromatic carbocycles. The summed E-state index contributed by atoms with van der Waals surface area (Å²) in [5.41, 5.74) is 1.13. The van der Waals surface area contributed by atoms with Crippen LogP contribution in [0.25, 0.3) is 0 Å². The van der Waals surface area contributed by atoms with E-state index in [4.69, 9.17) is 23.2 Å². The number of hydrogen-bond donors (Lipinski definition) is 1. The van der Waals surface area contributed by atoms with Gasteiger partial charge < -0.3 is 10.2 Å². The Bertz CT molecular complexity index is 409. The van der Waals surface area contributed by atoms with Crippen LogP contribution in [0.5, 0.6) is 0 Å². The van der Waals surface area contributed by atoms with Crippen LogP contribution in [0, 0.1) is 0 Å². The molecule has 0 saturated carbocycles. The molecule has 0 aromatic heterocycles. The molecule has 2 nitrogen and oxygen atoms in total. The predicted molar refractivity (Wildman–Crippen MR) is 89.9 cm³/mol. The van der Waals surface area contributed by atoms with Crippen molar-refractivity contribution in [3.63, 3.8) is 0 Å². The third kappa shape index (κ3) is 5.25. The lowest BCUT2D eigenvalue weighted by Crippen LogP contribution is -2.36. The molecule has 1 rings (SSSR count). The molecule has 1 aromatic rings. The van der Waals surface area contributed by atoms with Gasteiger partial charge in [-0.2, -0.15) is 0 Å². The molecular weight excluding hydrogens is 291 g/mol. The second kappa shape index (κ2) is 8.89. The van der Waals surface area contributed by atoms with Crippen molar-refractivity contribution in [1.29, 1.82) is 0 Å². The van der Waals surface area contributed by atoms with Crippen LogP contribution in [0.2, 0.25) is 10.0 Å². The van der Waals surface area contributed by atoms with Crippen LogP contribution >= 0.6 is 23.2 Å². The zero-order valence-corrected chi connectivity index (χ0v) is 14.4. The minimum Gasteiger partial charge on any atom is -0.309 e. The minimum absolute atomic E-state index is 0.282. The SMILES string of the molecule is CCC(NCCN(C)C(C)CC)c1ccc(Cl)cc1Cl. The van der Waals surface area contributed by atoms with E-state index in [1.807, 2.05) is 18.2 Å². The van der Waals surface area contributed by atoms with Crippen molar-refractivity contribution in [3.05, 3.63) is 33.8 Å². The molecule has 0 bridgehead atoms. The van der Waals surface area contributed by atoms with E-state index in [1.165, 1.54) is 6.42 Å². The Hall–Kier alpha value is -0.280. The van der Waals surface area contributed by atoms with E-state index >= 15 is 0 Å². The first kappa shape index (κ1) is 17.8. The molecule has 2 atom stereocenters. The Labute approximate surface area is 133 Å². The van der Waals surface area contributed by atoms with Gasteiger partial charge in [-0.1, -0.05) is 43.1 Å². The predicted octanol–water partition coefficient (Wildman–Crippen LogP) is 4.76. The molecule has 0 fully saturated rings. The Morgan fingerprint density at radius 2 is 1.90 bits per heavy atom. The van der Waals surface area contributed by atoms with E-state index in [2.05, 4.69) is 38.0 Å². The van der Waals surface area contributed by atoms with E-state index in [9.17, 15) is 0 Å². The van der Waals surface area contributed by atoms with Crippen LogP contribution in [-0.4, -0.2) is 31.1 Å². The fourth-order valence-corrected chi connectivity index (χ4v) is 2.75. The Morgan fingerprint density at radius 3 is 2.45 bits per heavy atom. The second-order valence-corrected chi connectivity index (χ2v) is 6.16. The van der Waals surface area contributed by atoms with Gasteiger partial charge in [0.25, 0.3) is 0 Å². The number of nitrogens with one attached hydrogen (secondary N) is 1. The van der Waals surface area contributed by atoms with Gasteiger partial charge in [-0.15, -0.1) is 0 Å². The molecule has 0 saturated heterocycles. The van der Waals surface area contributed by atoms with Gasteiger partial charge in [0.2, 0.25) is 0 Å². The Balaban J connectivity index is 2.55. The lowest BCUT2D eigenvalue weighted by molar-refractivity contribution is 0.248. The van der Waals surface area contributed by atoms with Gasteiger partial charge in [-0.25, -0.2) is 0 Å². The summed E-state index contributed by atoms with van der Waals surface area (Å²) in [5.74, 6) is 0. The highest BCUT2D eigenvalue weighted by Crippen LogP contribution is 2.27. The molecule has 0 aliphatic rings. The van der Waals surface area contributed by atoms with E-state index in [-0.39, 0.29) is 6.04 Å². The number of nitrogens with zero attached hydrogens (tertiary/aromatic N) is 1. The Morgan fingerprint density at radius 1 is 1.20 bits per heavy atom. The summed E-state index contributed by atoms with van der Waals surface area (Å²) in [5, 5.41) is 5.01. The number of halogens is 2. The summed E-state index contributed by atoms with van der Waals surface area (Å²) in [7, 11) is 2.17. The molecule has 4 heteroatoms. The van der Waals surface area contributed by atoms with Gasteiger partial charge in [-0.05, 0) is 44.5 Å². The maximum atomic E-state index is 6.28. The first-order valence-electron chi connectivity index (χ1n) is 7.38. The maximum Gasteiger partial charge on any atom is 0.0468 e. The van der Waals surface area contributed by atoms with E-state index in [0.29, 0.717) is 11.1 Å². The molecule has 1 N–H and O–H groups in total. The molecule has 114 valence electrons. The van der Waals surface area contributed by atoms with Crippen LogP contribution in [0.1, 0.15) is 45.2 Å². The van der Waals surface area contributed by atoms with Crippen molar-refractivity contribution >= 4 is 23.2 Å². The van der Waals surface area contributed by atoms with Crippen molar-refractivity contribution in [2.75, 3.05) is 20.1 Å². The fourth-order valence-electron chi connectivity index (χ4n) is 2.21. The first-order chi connectivity index (χ1) is 9.49. The third-order valence-electron chi connectivity index (χ3n) is 3.94.